The first-order valence-electron chi connectivity index (χ1n) is 3.10. The summed E-state index contributed by atoms with van der Waals surface area (Å²) in [6.07, 6.45) is -1.22. The van der Waals surface area contributed by atoms with E-state index in [0.29, 0.717) is 0 Å². The SMILES string of the molecule is CC(F)c1ccccc1F. The van der Waals surface area contributed by atoms with Crippen LogP contribution in [0.2, 0.25) is 0 Å². The highest BCUT2D eigenvalue weighted by Crippen LogP contribution is 2.18. The van der Waals surface area contributed by atoms with Gasteiger partial charge in [-0.3, -0.25) is 0 Å². The highest BCUT2D eigenvalue weighted by Gasteiger charge is 2.06. The van der Waals surface area contributed by atoms with E-state index in [2.05, 4.69) is 0 Å². The molecular formula is C8H8F2. The summed E-state index contributed by atoms with van der Waals surface area (Å²) in [4.78, 5) is 0. The summed E-state index contributed by atoms with van der Waals surface area (Å²) in [5.41, 5.74) is 0.127. The number of hydrogen-bond donors (Lipinski definition) is 0. The molecule has 0 saturated heterocycles. The minimum Gasteiger partial charge on any atom is -0.242 e. The lowest BCUT2D eigenvalue weighted by Crippen LogP contribution is -1.89. The molecule has 54 valence electrons. The van der Waals surface area contributed by atoms with Gasteiger partial charge in [-0.1, -0.05) is 18.2 Å². The lowest BCUT2D eigenvalue weighted by Gasteiger charge is -2.01. The fraction of sp³-hybridized carbons (Fsp3) is 0.250. The third kappa shape index (κ3) is 1.32. The Balaban J connectivity index is 3.03. The normalized spacial score (nSPS) is 13.1. The summed E-state index contributed by atoms with van der Waals surface area (Å²) in [7, 11) is 0. The van der Waals surface area contributed by atoms with Crippen molar-refractivity contribution in [3.8, 4) is 0 Å². The van der Waals surface area contributed by atoms with Crippen LogP contribution in [0.25, 0.3) is 0 Å². The molecule has 0 saturated carbocycles. The molecule has 1 aromatic rings. The first kappa shape index (κ1) is 7.19. The lowest BCUT2D eigenvalue weighted by atomic mass is 10.1. The molecule has 0 aliphatic carbocycles. The van der Waals surface area contributed by atoms with Crippen LogP contribution in [0.15, 0.2) is 24.3 Å². The van der Waals surface area contributed by atoms with E-state index in [4.69, 9.17) is 0 Å². The Morgan fingerprint density at radius 2 is 1.90 bits per heavy atom. The standard InChI is InChI=1S/C8H8F2/c1-6(9)7-4-2-3-5-8(7)10/h2-6H,1H3. The summed E-state index contributed by atoms with van der Waals surface area (Å²) < 4.78 is 25.1. The van der Waals surface area contributed by atoms with Crippen LogP contribution in [0, 0.1) is 5.82 Å². The van der Waals surface area contributed by atoms with Crippen LogP contribution >= 0.6 is 0 Å². The van der Waals surface area contributed by atoms with E-state index in [9.17, 15) is 8.78 Å². The summed E-state index contributed by atoms with van der Waals surface area (Å²) in [6.45, 7) is 1.32. The molecule has 0 aliphatic heterocycles. The van der Waals surface area contributed by atoms with Gasteiger partial charge in [0.2, 0.25) is 0 Å². The molecule has 0 spiro atoms. The molecule has 1 aromatic carbocycles. The van der Waals surface area contributed by atoms with Crippen LogP contribution in [-0.2, 0) is 0 Å². The van der Waals surface area contributed by atoms with Crippen LogP contribution in [-0.4, -0.2) is 0 Å². The zero-order chi connectivity index (χ0) is 7.56. The van der Waals surface area contributed by atoms with Crippen molar-refractivity contribution >= 4 is 0 Å². The Bertz CT molecular complexity index is 218. The van der Waals surface area contributed by atoms with E-state index >= 15 is 0 Å². The maximum absolute atomic E-state index is 12.6. The fourth-order valence-corrected chi connectivity index (χ4v) is 0.798. The largest absolute Gasteiger partial charge is 0.242 e. The molecule has 0 bridgehead atoms. The molecule has 0 fully saturated rings. The molecule has 1 unspecified atom stereocenters. The van der Waals surface area contributed by atoms with Crippen molar-refractivity contribution in [3.05, 3.63) is 35.6 Å². The Hall–Kier alpha value is -0.920. The van der Waals surface area contributed by atoms with Crippen molar-refractivity contribution in [2.45, 2.75) is 13.1 Å². The van der Waals surface area contributed by atoms with Crippen LogP contribution in [0.4, 0.5) is 8.78 Å². The first-order valence-corrected chi connectivity index (χ1v) is 3.10. The van der Waals surface area contributed by atoms with E-state index in [-0.39, 0.29) is 5.56 Å². The van der Waals surface area contributed by atoms with Gasteiger partial charge in [0.15, 0.2) is 0 Å². The minimum absolute atomic E-state index is 0.127. The van der Waals surface area contributed by atoms with Gasteiger partial charge in [0.05, 0.1) is 0 Å². The first-order chi connectivity index (χ1) is 4.72. The molecule has 0 nitrogen and oxygen atoms in total. The van der Waals surface area contributed by atoms with Gasteiger partial charge in [0.1, 0.15) is 12.0 Å². The van der Waals surface area contributed by atoms with Crippen LogP contribution < -0.4 is 0 Å². The predicted octanol–water partition coefficient (Wildman–Crippen LogP) is 2.86. The topological polar surface area (TPSA) is 0 Å². The maximum atomic E-state index is 12.6. The number of benzene rings is 1. The average Bonchev–Trinajstić information content (AvgIpc) is 1.88. The second-order valence-electron chi connectivity index (χ2n) is 2.14. The third-order valence-electron chi connectivity index (χ3n) is 1.33. The predicted molar refractivity (Wildman–Crippen MR) is 35.9 cm³/mol. The summed E-state index contributed by atoms with van der Waals surface area (Å²) >= 11 is 0. The zero-order valence-electron chi connectivity index (χ0n) is 5.64. The van der Waals surface area contributed by atoms with Crippen molar-refractivity contribution in [1.29, 1.82) is 0 Å². The van der Waals surface area contributed by atoms with Crippen molar-refractivity contribution in [2.75, 3.05) is 0 Å². The second-order valence-corrected chi connectivity index (χ2v) is 2.14. The number of rotatable bonds is 1. The lowest BCUT2D eigenvalue weighted by molar-refractivity contribution is 0.361. The van der Waals surface area contributed by atoms with Crippen LogP contribution in [0.3, 0.4) is 0 Å². The van der Waals surface area contributed by atoms with Gasteiger partial charge in [-0.05, 0) is 13.0 Å². The molecule has 2 heteroatoms. The van der Waals surface area contributed by atoms with Crippen molar-refractivity contribution in [2.24, 2.45) is 0 Å². The Labute approximate surface area is 58.5 Å². The molecule has 0 radical (unpaired) electrons. The molecule has 0 aliphatic rings. The molecule has 0 N–H and O–H groups in total. The molecule has 0 aromatic heterocycles. The Morgan fingerprint density at radius 3 is 2.30 bits per heavy atom. The summed E-state index contributed by atoms with van der Waals surface area (Å²) in [5, 5.41) is 0. The smallest absolute Gasteiger partial charge is 0.129 e. The van der Waals surface area contributed by atoms with E-state index in [1.54, 1.807) is 12.1 Å². The molecule has 1 atom stereocenters. The van der Waals surface area contributed by atoms with Gasteiger partial charge < -0.3 is 0 Å². The summed E-state index contributed by atoms with van der Waals surface area (Å²) in [6, 6.07) is 5.86. The van der Waals surface area contributed by atoms with Gasteiger partial charge in [-0.2, -0.15) is 0 Å². The quantitative estimate of drug-likeness (QED) is 0.565. The Kier molecular flexibility index (Phi) is 2.00. The van der Waals surface area contributed by atoms with Crippen LogP contribution in [0.1, 0.15) is 18.7 Å². The average molecular weight is 142 g/mol. The fourth-order valence-electron chi connectivity index (χ4n) is 0.798. The molecule has 0 amide bonds. The number of hydrogen-bond acceptors (Lipinski definition) is 0. The van der Waals surface area contributed by atoms with E-state index in [1.165, 1.54) is 19.1 Å². The van der Waals surface area contributed by atoms with Gasteiger partial charge >= 0.3 is 0 Å². The Morgan fingerprint density at radius 1 is 1.30 bits per heavy atom. The van der Waals surface area contributed by atoms with E-state index in [0.717, 1.165) is 0 Å². The molecule has 0 heterocycles. The third-order valence-corrected chi connectivity index (χ3v) is 1.33. The minimum atomic E-state index is -1.22. The van der Waals surface area contributed by atoms with Gasteiger partial charge in [0.25, 0.3) is 0 Å². The van der Waals surface area contributed by atoms with Gasteiger partial charge in [0, 0.05) is 5.56 Å². The summed E-state index contributed by atoms with van der Waals surface area (Å²) in [5.74, 6) is -0.475. The highest BCUT2D eigenvalue weighted by molar-refractivity contribution is 5.18. The molecule has 1 rings (SSSR count). The zero-order valence-corrected chi connectivity index (χ0v) is 5.64. The van der Waals surface area contributed by atoms with E-state index in [1.807, 2.05) is 0 Å². The van der Waals surface area contributed by atoms with Crippen molar-refractivity contribution in [1.82, 2.24) is 0 Å². The van der Waals surface area contributed by atoms with Gasteiger partial charge in [-0.25, -0.2) is 8.78 Å². The van der Waals surface area contributed by atoms with Crippen molar-refractivity contribution in [3.63, 3.8) is 0 Å². The monoisotopic (exact) mass is 142 g/mol. The van der Waals surface area contributed by atoms with Crippen LogP contribution in [0.5, 0.6) is 0 Å². The highest BCUT2D eigenvalue weighted by atomic mass is 19.1. The maximum Gasteiger partial charge on any atom is 0.129 e. The van der Waals surface area contributed by atoms with E-state index < -0.39 is 12.0 Å². The molecule has 10 heavy (non-hydrogen) atoms. The second kappa shape index (κ2) is 2.78. The van der Waals surface area contributed by atoms with Gasteiger partial charge in [-0.15, -0.1) is 0 Å². The van der Waals surface area contributed by atoms with Crippen molar-refractivity contribution < 1.29 is 8.78 Å². The number of alkyl halides is 1. The number of halogens is 2. The molecular weight excluding hydrogens is 134 g/mol.